The highest BCUT2D eigenvalue weighted by Crippen LogP contribution is 2.04. The van der Waals surface area contributed by atoms with E-state index < -0.39 is 0 Å². The number of halogens is 1. The van der Waals surface area contributed by atoms with E-state index in [2.05, 4.69) is 10.0 Å². The van der Waals surface area contributed by atoms with Gasteiger partial charge in [0.2, 0.25) is 0 Å². The van der Waals surface area contributed by atoms with Crippen LogP contribution in [-0.2, 0) is 6.54 Å². The second kappa shape index (κ2) is 3.58. The van der Waals surface area contributed by atoms with Gasteiger partial charge in [0.1, 0.15) is 5.82 Å². The van der Waals surface area contributed by atoms with E-state index in [1.807, 2.05) is 0 Å². The van der Waals surface area contributed by atoms with Crippen LogP contribution in [0.5, 0.6) is 0 Å². The predicted molar refractivity (Wildman–Crippen MR) is 39.3 cm³/mol. The highest BCUT2D eigenvalue weighted by Gasteiger charge is 1.91. The molecule has 56 valence electrons. The van der Waals surface area contributed by atoms with Gasteiger partial charge in [-0.15, -0.1) is 0 Å². The molecule has 3 nitrogen and oxygen atoms in total. The molecule has 0 saturated heterocycles. The van der Waals surface area contributed by atoms with Gasteiger partial charge < -0.3 is 0 Å². The van der Waals surface area contributed by atoms with Crippen LogP contribution < -0.4 is 0 Å². The maximum absolute atomic E-state index is 12.5. The van der Waals surface area contributed by atoms with Gasteiger partial charge in [-0.2, -0.15) is 0 Å². The first-order chi connectivity index (χ1) is 5.33. The number of azide groups is 1. The maximum Gasteiger partial charge on any atom is 0.123 e. The van der Waals surface area contributed by atoms with Crippen LogP contribution in [-0.4, -0.2) is 0 Å². The first-order valence-electron chi connectivity index (χ1n) is 3.08. The van der Waals surface area contributed by atoms with Crippen molar-refractivity contribution in [1.29, 1.82) is 0 Å². The Morgan fingerprint density at radius 1 is 1.55 bits per heavy atom. The fourth-order valence-corrected chi connectivity index (χ4v) is 0.749. The summed E-state index contributed by atoms with van der Waals surface area (Å²) in [5, 5.41) is 3.30. The smallest absolute Gasteiger partial charge is 0.123 e. The third-order valence-electron chi connectivity index (χ3n) is 1.21. The molecule has 0 spiro atoms. The molecule has 4 heteroatoms. The van der Waals surface area contributed by atoms with Gasteiger partial charge in [-0.25, -0.2) is 4.39 Å². The number of hydrogen-bond donors (Lipinski definition) is 0. The number of benzene rings is 1. The molecule has 0 radical (unpaired) electrons. The zero-order valence-electron chi connectivity index (χ0n) is 5.74. The molecule has 0 bridgehead atoms. The molecular weight excluding hydrogens is 144 g/mol. The molecule has 1 aromatic carbocycles. The topological polar surface area (TPSA) is 48.8 Å². The van der Waals surface area contributed by atoms with Gasteiger partial charge in [0, 0.05) is 4.91 Å². The lowest BCUT2D eigenvalue weighted by molar-refractivity contribution is 0.625. The van der Waals surface area contributed by atoms with Gasteiger partial charge in [0.05, 0.1) is 6.54 Å². The van der Waals surface area contributed by atoms with Crippen molar-refractivity contribution in [2.45, 2.75) is 6.54 Å². The van der Waals surface area contributed by atoms with Gasteiger partial charge in [0.25, 0.3) is 0 Å². The zero-order valence-corrected chi connectivity index (χ0v) is 5.74. The summed E-state index contributed by atoms with van der Waals surface area (Å²) in [6.07, 6.45) is 0. The fraction of sp³-hybridized carbons (Fsp3) is 0.143. The van der Waals surface area contributed by atoms with Crippen molar-refractivity contribution in [2.24, 2.45) is 5.11 Å². The molecule has 0 amide bonds. The monoisotopic (exact) mass is 150 g/mol. The van der Waals surface area contributed by atoms with Crippen molar-refractivity contribution in [3.63, 3.8) is 0 Å². The second-order valence-corrected chi connectivity index (χ2v) is 2.02. The summed E-state index contributed by atoms with van der Waals surface area (Å²) < 4.78 is 12.5. The Morgan fingerprint density at radius 2 is 2.36 bits per heavy atom. The summed E-state index contributed by atoms with van der Waals surface area (Å²) in [6, 6.07) is 5.98. The Balaban J connectivity index is 2.79. The van der Waals surface area contributed by atoms with Crippen LogP contribution in [0.3, 0.4) is 0 Å². The van der Waals surface area contributed by atoms with Gasteiger partial charge in [-0.05, 0) is 23.2 Å². The maximum atomic E-state index is 12.5. The van der Waals surface area contributed by atoms with Crippen molar-refractivity contribution in [3.05, 3.63) is 46.1 Å². The lowest BCUT2D eigenvalue weighted by Gasteiger charge is -1.93. The quantitative estimate of drug-likeness (QED) is 0.353. The SMILES string of the molecule is [N-]=[N+]=NCc1cccc([18F])c1. The van der Waals surface area contributed by atoms with Crippen LogP contribution in [0.1, 0.15) is 5.56 Å². The first kappa shape index (κ1) is 7.57. The van der Waals surface area contributed by atoms with E-state index in [0.717, 1.165) is 0 Å². The molecule has 0 atom stereocenters. The average Bonchev–Trinajstić information content (AvgIpc) is 2.01. The third kappa shape index (κ3) is 2.27. The summed E-state index contributed by atoms with van der Waals surface area (Å²) >= 11 is 0. The van der Waals surface area contributed by atoms with Crippen LogP contribution in [0.2, 0.25) is 0 Å². The molecular formula is C7H6FN3. The summed E-state index contributed by atoms with van der Waals surface area (Å²) in [5.74, 6) is -0.310. The van der Waals surface area contributed by atoms with E-state index in [-0.39, 0.29) is 12.4 Å². The van der Waals surface area contributed by atoms with E-state index >= 15 is 0 Å². The molecule has 0 aliphatic carbocycles. The molecule has 0 aromatic heterocycles. The second-order valence-electron chi connectivity index (χ2n) is 2.02. The van der Waals surface area contributed by atoms with Crippen molar-refractivity contribution in [3.8, 4) is 0 Å². The minimum atomic E-state index is -0.310. The normalized spacial score (nSPS) is 8.82. The number of rotatable bonds is 2. The van der Waals surface area contributed by atoms with Crippen molar-refractivity contribution < 1.29 is 4.39 Å². The van der Waals surface area contributed by atoms with Crippen LogP contribution >= 0.6 is 0 Å². The predicted octanol–water partition coefficient (Wildman–Crippen LogP) is 2.64. The van der Waals surface area contributed by atoms with E-state index in [1.165, 1.54) is 12.1 Å². The van der Waals surface area contributed by atoms with Gasteiger partial charge in [0.15, 0.2) is 0 Å². The van der Waals surface area contributed by atoms with Gasteiger partial charge in [-0.1, -0.05) is 17.2 Å². The van der Waals surface area contributed by atoms with E-state index in [1.54, 1.807) is 12.1 Å². The Kier molecular flexibility index (Phi) is 2.47. The molecule has 0 N–H and O–H groups in total. The van der Waals surface area contributed by atoms with Gasteiger partial charge >= 0.3 is 0 Å². The summed E-state index contributed by atoms with van der Waals surface area (Å²) in [7, 11) is 0. The molecule has 0 heterocycles. The molecule has 0 unspecified atom stereocenters. The fourth-order valence-electron chi connectivity index (χ4n) is 0.749. The Bertz CT molecular complexity index is 291. The summed E-state index contributed by atoms with van der Waals surface area (Å²) in [4.78, 5) is 2.56. The number of nitrogens with zero attached hydrogens (tertiary/aromatic N) is 3. The Morgan fingerprint density at radius 3 is 3.00 bits per heavy atom. The lowest BCUT2D eigenvalue weighted by Crippen LogP contribution is -1.80. The van der Waals surface area contributed by atoms with Crippen LogP contribution in [0.4, 0.5) is 4.39 Å². The third-order valence-corrected chi connectivity index (χ3v) is 1.21. The lowest BCUT2D eigenvalue weighted by atomic mass is 10.2. The van der Waals surface area contributed by atoms with E-state index in [9.17, 15) is 4.39 Å². The Labute approximate surface area is 63.1 Å². The van der Waals surface area contributed by atoms with Crippen molar-refractivity contribution in [2.75, 3.05) is 0 Å². The van der Waals surface area contributed by atoms with Crippen LogP contribution in [0, 0.1) is 5.82 Å². The average molecular weight is 150 g/mol. The highest BCUT2D eigenvalue weighted by molar-refractivity contribution is 5.15. The zero-order chi connectivity index (χ0) is 8.10. The summed E-state index contributed by atoms with van der Waals surface area (Å²) in [5.41, 5.74) is 8.64. The summed E-state index contributed by atoms with van der Waals surface area (Å²) in [6.45, 7) is 0.203. The Hall–Kier alpha value is -1.54. The minimum absolute atomic E-state index is 0.203. The van der Waals surface area contributed by atoms with Crippen LogP contribution in [0.15, 0.2) is 29.4 Å². The first-order valence-corrected chi connectivity index (χ1v) is 3.08. The molecule has 0 aliphatic heterocycles. The molecule has 11 heavy (non-hydrogen) atoms. The molecule has 0 saturated carbocycles. The number of hydrogen-bond acceptors (Lipinski definition) is 1. The standard InChI is InChI=1S/C7H6FN3/c8-7-3-1-2-6(4-7)5-10-11-9/h1-4H,5H2/i8-1. The van der Waals surface area contributed by atoms with E-state index in [4.69, 9.17) is 5.53 Å². The largest absolute Gasteiger partial charge is 0.207 e. The van der Waals surface area contributed by atoms with E-state index in [0.29, 0.717) is 5.56 Å². The molecule has 1 aromatic rings. The molecule has 0 aliphatic rings. The minimum Gasteiger partial charge on any atom is -0.207 e. The van der Waals surface area contributed by atoms with Gasteiger partial charge in [-0.3, -0.25) is 0 Å². The molecule has 0 fully saturated rings. The molecule has 1 rings (SSSR count). The van der Waals surface area contributed by atoms with Crippen molar-refractivity contribution >= 4 is 0 Å². The van der Waals surface area contributed by atoms with Crippen molar-refractivity contribution in [1.82, 2.24) is 0 Å². The highest BCUT2D eigenvalue weighted by atomic mass is 18.2. The van der Waals surface area contributed by atoms with Crippen LogP contribution in [0.25, 0.3) is 10.4 Å².